The predicted molar refractivity (Wildman–Crippen MR) is 98.2 cm³/mol. The van der Waals surface area contributed by atoms with Gasteiger partial charge in [-0.05, 0) is 18.2 Å². The molecule has 1 aliphatic heterocycles. The van der Waals surface area contributed by atoms with Gasteiger partial charge in [0, 0.05) is 48.1 Å². The lowest BCUT2D eigenvalue weighted by molar-refractivity contribution is -0.385. The van der Waals surface area contributed by atoms with E-state index in [9.17, 15) is 15.4 Å². The third kappa shape index (κ3) is 2.91. The van der Waals surface area contributed by atoms with E-state index in [1.54, 1.807) is 24.3 Å². The highest BCUT2D eigenvalue weighted by Gasteiger charge is 2.35. The molecule has 1 unspecified atom stereocenters. The fourth-order valence-electron chi connectivity index (χ4n) is 2.96. The van der Waals surface area contributed by atoms with Crippen molar-refractivity contribution in [1.29, 1.82) is 5.26 Å². The molecule has 2 N–H and O–H groups in total. The number of allylic oxidation sites excluding steroid dienone is 1. The number of halogens is 1. The summed E-state index contributed by atoms with van der Waals surface area (Å²) in [6, 6.07) is 11.8. The number of benzene rings is 2. The molecule has 3 rings (SSSR count). The number of ether oxygens (including phenoxy) is 1. The number of hydrogen-bond donors (Lipinski definition) is 1. The van der Waals surface area contributed by atoms with Crippen molar-refractivity contribution in [3.05, 3.63) is 74.1 Å². The van der Waals surface area contributed by atoms with Crippen LogP contribution in [-0.4, -0.2) is 19.0 Å². The molecule has 8 heteroatoms. The van der Waals surface area contributed by atoms with E-state index in [2.05, 4.69) is 0 Å². The van der Waals surface area contributed by atoms with Gasteiger partial charge in [-0.3, -0.25) is 10.1 Å². The first kappa shape index (κ1) is 17.6. The summed E-state index contributed by atoms with van der Waals surface area (Å²) in [7, 11) is 3.76. The molecule has 0 radical (unpaired) electrons. The molecular formula is C18H15ClN4O3. The van der Waals surface area contributed by atoms with Gasteiger partial charge in [0.2, 0.25) is 5.88 Å². The number of nitro benzene ring substituents is 1. The lowest BCUT2D eigenvalue weighted by Crippen LogP contribution is -2.22. The molecule has 2 aromatic carbocycles. The average molecular weight is 371 g/mol. The molecule has 0 fully saturated rings. The molecule has 132 valence electrons. The first-order valence-corrected chi connectivity index (χ1v) is 8.04. The van der Waals surface area contributed by atoms with Crippen LogP contribution in [0.2, 0.25) is 5.02 Å². The lowest BCUT2D eigenvalue weighted by atomic mass is 9.82. The van der Waals surface area contributed by atoms with E-state index in [4.69, 9.17) is 22.1 Å². The number of nitrogens with zero attached hydrogens (tertiary/aromatic N) is 3. The SMILES string of the molecule is CN(C)c1ccc2c(c1)OC(N)=C(C#N)C2c1ccc(Cl)cc1[N+](=O)[O-]. The van der Waals surface area contributed by atoms with Crippen molar-refractivity contribution in [2.24, 2.45) is 5.73 Å². The van der Waals surface area contributed by atoms with Crippen LogP contribution in [0.3, 0.4) is 0 Å². The Morgan fingerprint density at radius 1 is 1.27 bits per heavy atom. The Morgan fingerprint density at radius 2 is 1.96 bits per heavy atom. The summed E-state index contributed by atoms with van der Waals surface area (Å²) in [6.45, 7) is 0. The topological polar surface area (TPSA) is 105 Å². The standard InChI is InChI=1S/C18H15ClN4O3/c1-22(2)11-4-6-13-16(8-11)26-18(21)14(9-20)17(13)12-5-3-10(19)7-15(12)23(24)25/h3-8,17H,21H2,1-2H3. The molecule has 0 saturated carbocycles. The minimum Gasteiger partial charge on any atom is -0.440 e. The Balaban J connectivity index is 2.27. The highest BCUT2D eigenvalue weighted by atomic mass is 35.5. The molecule has 1 aliphatic rings. The normalized spacial score (nSPS) is 15.7. The number of rotatable bonds is 3. The average Bonchev–Trinajstić information content (AvgIpc) is 2.60. The van der Waals surface area contributed by atoms with E-state index < -0.39 is 10.8 Å². The molecule has 0 amide bonds. The fourth-order valence-corrected chi connectivity index (χ4v) is 3.13. The summed E-state index contributed by atoms with van der Waals surface area (Å²) >= 11 is 5.92. The van der Waals surface area contributed by atoms with Crippen LogP contribution in [0.5, 0.6) is 5.75 Å². The smallest absolute Gasteiger partial charge is 0.275 e. The van der Waals surface area contributed by atoms with E-state index in [-0.39, 0.29) is 22.2 Å². The zero-order valence-corrected chi connectivity index (χ0v) is 14.8. The number of hydrogen-bond acceptors (Lipinski definition) is 6. The molecular weight excluding hydrogens is 356 g/mol. The Labute approximate surface area is 155 Å². The van der Waals surface area contributed by atoms with Crippen LogP contribution in [0.4, 0.5) is 11.4 Å². The van der Waals surface area contributed by atoms with Crippen molar-refractivity contribution >= 4 is 23.0 Å². The van der Waals surface area contributed by atoms with Crippen molar-refractivity contribution in [3.63, 3.8) is 0 Å². The maximum atomic E-state index is 11.5. The van der Waals surface area contributed by atoms with Gasteiger partial charge in [0.1, 0.15) is 17.4 Å². The van der Waals surface area contributed by atoms with Crippen LogP contribution >= 0.6 is 11.6 Å². The fraction of sp³-hybridized carbons (Fsp3) is 0.167. The third-order valence-electron chi connectivity index (χ3n) is 4.22. The van der Waals surface area contributed by atoms with Gasteiger partial charge < -0.3 is 15.4 Å². The van der Waals surface area contributed by atoms with Crippen LogP contribution < -0.4 is 15.4 Å². The second kappa shape index (κ2) is 6.58. The van der Waals surface area contributed by atoms with Gasteiger partial charge in [-0.1, -0.05) is 17.7 Å². The lowest BCUT2D eigenvalue weighted by Gasteiger charge is -2.27. The second-order valence-corrected chi connectivity index (χ2v) is 6.44. The molecule has 0 aromatic heterocycles. The van der Waals surface area contributed by atoms with Gasteiger partial charge in [-0.2, -0.15) is 5.26 Å². The quantitative estimate of drug-likeness (QED) is 0.654. The summed E-state index contributed by atoms with van der Waals surface area (Å²) in [6.07, 6.45) is 0. The van der Waals surface area contributed by atoms with Gasteiger partial charge in [0.15, 0.2) is 0 Å². The Morgan fingerprint density at radius 3 is 2.58 bits per heavy atom. The summed E-state index contributed by atoms with van der Waals surface area (Å²) in [4.78, 5) is 12.9. The minimum absolute atomic E-state index is 0.0647. The zero-order chi connectivity index (χ0) is 19.0. The first-order valence-electron chi connectivity index (χ1n) is 7.66. The Bertz CT molecular complexity index is 979. The number of anilines is 1. The largest absolute Gasteiger partial charge is 0.440 e. The molecule has 7 nitrogen and oxygen atoms in total. The molecule has 2 aromatic rings. The van der Waals surface area contributed by atoms with Crippen LogP contribution in [0.15, 0.2) is 47.9 Å². The third-order valence-corrected chi connectivity index (χ3v) is 4.45. The number of fused-ring (bicyclic) bond motifs is 1. The van der Waals surface area contributed by atoms with E-state index in [1.807, 2.05) is 31.1 Å². The highest BCUT2D eigenvalue weighted by molar-refractivity contribution is 6.30. The monoisotopic (exact) mass is 370 g/mol. The summed E-state index contributed by atoms with van der Waals surface area (Å²) in [5, 5.41) is 21.3. The maximum absolute atomic E-state index is 11.5. The summed E-state index contributed by atoms with van der Waals surface area (Å²) < 4.78 is 5.61. The maximum Gasteiger partial charge on any atom is 0.275 e. The number of nitro groups is 1. The zero-order valence-electron chi connectivity index (χ0n) is 14.1. The molecule has 1 heterocycles. The van der Waals surface area contributed by atoms with Gasteiger partial charge in [0.25, 0.3) is 5.69 Å². The molecule has 0 bridgehead atoms. The van der Waals surface area contributed by atoms with Crippen LogP contribution in [-0.2, 0) is 0 Å². The van der Waals surface area contributed by atoms with E-state index in [0.717, 1.165) is 5.69 Å². The number of nitriles is 1. The van der Waals surface area contributed by atoms with Crippen molar-refractivity contribution in [3.8, 4) is 11.8 Å². The van der Waals surface area contributed by atoms with Gasteiger partial charge in [0.05, 0.1) is 10.8 Å². The van der Waals surface area contributed by atoms with Crippen molar-refractivity contribution < 1.29 is 9.66 Å². The van der Waals surface area contributed by atoms with Crippen molar-refractivity contribution in [1.82, 2.24) is 0 Å². The molecule has 0 saturated heterocycles. The van der Waals surface area contributed by atoms with Gasteiger partial charge >= 0.3 is 0 Å². The van der Waals surface area contributed by atoms with Crippen molar-refractivity contribution in [2.75, 3.05) is 19.0 Å². The van der Waals surface area contributed by atoms with Crippen LogP contribution in [0, 0.1) is 21.4 Å². The van der Waals surface area contributed by atoms with Gasteiger partial charge in [-0.15, -0.1) is 0 Å². The number of nitrogens with two attached hydrogens (primary N) is 1. The van der Waals surface area contributed by atoms with Crippen LogP contribution in [0.25, 0.3) is 0 Å². The van der Waals surface area contributed by atoms with Crippen molar-refractivity contribution in [2.45, 2.75) is 5.92 Å². The first-order chi connectivity index (χ1) is 12.3. The highest BCUT2D eigenvalue weighted by Crippen LogP contribution is 2.46. The molecule has 0 aliphatic carbocycles. The van der Waals surface area contributed by atoms with E-state index in [0.29, 0.717) is 16.9 Å². The Hall–Kier alpha value is -3.24. The van der Waals surface area contributed by atoms with E-state index >= 15 is 0 Å². The molecule has 26 heavy (non-hydrogen) atoms. The summed E-state index contributed by atoms with van der Waals surface area (Å²) in [5.74, 6) is -0.315. The minimum atomic E-state index is -0.711. The van der Waals surface area contributed by atoms with Gasteiger partial charge in [-0.25, -0.2) is 0 Å². The Kier molecular flexibility index (Phi) is 4.45. The summed E-state index contributed by atoms with van der Waals surface area (Å²) in [5.41, 5.74) is 7.73. The molecule has 1 atom stereocenters. The van der Waals surface area contributed by atoms with E-state index in [1.165, 1.54) is 6.07 Å². The molecule has 0 spiro atoms. The second-order valence-electron chi connectivity index (χ2n) is 6.00. The van der Waals surface area contributed by atoms with Crippen LogP contribution in [0.1, 0.15) is 17.0 Å². The predicted octanol–water partition coefficient (Wildman–Crippen LogP) is 3.53.